The minimum absolute atomic E-state index is 0.404. The summed E-state index contributed by atoms with van der Waals surface area (Å²) in [7, 11) is 1.30. The third-order valence-corrected chi connectivity index (χ3v) is 2.88. The van der Waals surface area contributed by atoms with Crippen LogP contribution in [0.1, 0.15) is 23.0 Å². The zero-order valence-electron chi connectivity index (χ0n) is 11.2. The fourth-order valence-electron chi connectivity index (χ4n) is 2.01. The molecule has 0 bridgehead atoms. The molecule has 0 radical (unpaired) electrons. The van der Waals surface area contributed by atoms with Crippen LogP contribution in [0.25, 0.3) is 11.3 Å². The Bertz CT molecular complexity index is 584. The van der Waals surface area contributed by atoms with Gasteiger partial charge in [-0.2, -0.15) is 0 Å². The third kappa shape index (κ3) is 2.82. The SMILES string of the molecule is COC(=O)C(N)c1ncc(-c2cc(C)cc(C)c2)[nH]1. The van der Waals surface area contributed by atoms with Gasteiger partial charge in [-0.05, 0) is 26.0 Å². The highest BCUT2D eigenvalue weighted by Crippen LogP contribution is 2.21. The van der Waals surface area contributed by atoms with E-state index in [9.17, 15) is 4.79 Å². The monoisotopic (exact) mass is 259 g/mol. The highest BCUT2D eigenvalue weighted by molar-refractivity contribution is 5.76. The molecule has 0 amide bonds. The number of benzene rings is 1. The number of methoxy groups -OCH3 is 1. The van der Waals surface area contributed by atoms with Gasteiger partial charge in [0.2, 0.25) is 0 Å². The van der Waals surface area contributed by atoms with Crippen molar-refractivity contribution in [1.82, 2.24) is 9.97 Å². The maximum absolute atomic E-state index is 11.4. The van der Waals surface area contributed by atoms with Gasteiger partial charge in [0.15, 0.2) is 6.04 Å². The van der Waals surface area contributed by atoms with E-state index in [-0.39, 0.29) is 0 Å². The van der Waals surface area contributed by atoms with Crippen LogP contribution in [0.3, 0.4) is 0 Å². The molecule has 2 aromatic rings. The van der Waals surface area contributed by atoms with Crippen molar-refractivity contribution in [3.63, 3.8) is 0 Å². The van der Waals surface area contributed by atoms with Crippen LogP contribution >= 0.6 is 0 Å². The summed E-state index contributed by atoms with van der Waals surface area (Å²) < 4.78 is 4.60. The summed E-state index contributed by atoms with van der Waals surface area (Å²) in [6.45, 7) is 4.07. The third-order valence-electron chi connectivity index (χ3n) is 2.88. The summed E-state index contributed by atoms with van der Waals surface area (Å²) >= 11 is 0. The zero-order valence-corrected chi connectivity index (χ0v) is 11.2. The molecule has 0 aliphatic heterocycles. The number of hydrogen-bond donors (Lipinski definition) is 2. The number of H-pyrrole nitrogens is 1. The molecule has 1 aromatic carbocycles. The number of ether oxygens (including phenoxy) is 1. The number of nitrogens with zero attached hydrogens (tertiary/aromatic N) is 1. The molecule has 2 rings (SSSR count). The Hall–Kier alpha value is -2.14. The number of nitrogens with two attached hydrogens (primary N) is 1. The minimum atomic E-state index is -0.885. The molecule has 0 aliphatic rings. The molecule has 3 N–H and O–H groups in total. The first-order chi connectivity index (χ1) is 9.01. The highest BCUT2D eigenvalue weighted by Gasteiger charge is 2.19. The van der Waals surface area contributed by atoms with Crippen LogP contribution in [0, 0.1) is 13.8 Å². The molecule has 1 atom stereocenters. The quantitative estimate of drug-likeness (QED) is 0.824. The second-order valence-corrected chi connectivity index (χ2v) is 4.56. The van der Waals surface area contributed by atoms with Gasteiger partial charge in [0.25, 0.3) is 0 Å². The van der Waals surface area contributed by atoms with E-state index in [1.165, 1.54) is 18.2 Å². The molecule has 0 saturated carbocycles. The van der Waals surface area contributed by atoms with Crippen molar-refractivity contribution < 1.29 is 9.53 Å². The second kappa shape index (κ2) is 5.24. The number of rotatable bonds is 3. The van der Waals surface area contributed by atoms with E-state index >= 15 is 0 Å². The first-order valence-electron chi connectivity index (χ1n) is 5.98. The van der Waals surface area contributed by atoms with Crippen molar-refractivity contribution in [1.29, 1.82) is 0 Å². The summed E-state index contributed by atoms with van der Waals surface area (Å²) in [6, 6.07) is 5.31. The van der Waals surface area contributed by atoms with Gasteiger partial charge in [0, 0.05) is 5.56 Å². The normalized spacial score (nSPS) is 12.2. The van der Waals surface area contributed by atoms with Gasteiger partial charge in [0.05, 0.1) is 19.0 Å². The Kier molecular flexibility index (Phi) is 3.66. The molecule has 0 spiro atoms. The van der Waals surface area contributed by atoms with Gasteiger partial charge in [-0.3, -0.25) is 0 Å². The number of carbonyl (C=O) groups excluding carboxylic acids is 1. The van der Waals surface area contributed by atoms with Crippen molar-refractivity contribution in [2.45, 2.75) is 19.9 Å². The Balaban J connectivity index is 2.33. The van der Waals surface area contributed by atoms with Crippen LogP contribution in [0.5, 0.6) is 0 Å². The summed E-state index contributed by atoms with van der Waals surface area (Å²) in [4.78, 5) is 18.6. The van der Waals surface area contributed by atoms with E-state index < -0.39 is 12.0 Å². The van der Waals surface area contributed by atoms with Crippen molar-refractivity contribution >= 4 is 5.97 Å². The maximum Gasteiger partial charge on any atom is 0.330 e. The predicted octanol–water partition coefficient (Wildman–Crippen LogP) is 1.87. The Labute approximate surface area is 111 Å². The number of esters is 1. The molecule has 0 aliphatic carbocycles. The smallest absolute Gasteiger partial charge is 0.330 e. The van der Waals surface area contributed by atoms with Gasteiger partial charge < -0.3 is 15.5 Å². The van der Waals surface area contributed by atoms with Crippen molar-refractivity contribution in [2.24, 2.45) is 5.73 Å². The number of aromatic amines is 1. The van der Waals surface area contributed by atoms with Crippen LogP contribution in [-0.4, -0.2) is 23.0 Å². The summed E-state index contributed by atoms with van der Waals surface area (Å²) in [5.74, 6) is -0.109. The number of imidazole rings is 1. The van der Waals surface area contributed by atoms with E-state index in [2.05, 4.69) is 20.8 Å². The number of nitrogens with one attached hydrogen (secondary N) is 1. The standard InChI is InChI=1S/C14H17N3O2/c1-8-4-9(2)6-10(5-8)11-7-16-13(17-11)12(15)14(18)19-3/h4-7,12H,15H2,1-3H3,(H,16,17). The van der Waals surface area contributed by atoms with Crippen LogP contribution in [0.2, 0.25) is 0 Å². The Morgan fingerprint density at radius 3 is 2.53 bits per heavy atom. The first kappa shape index (κ1) is 13.3. The van der Waals surface area contributed by atoms with E-state index in [0.717, 1.165) is 11.3 Å². The van der Waals surface area contributed by atoms with Gasteiger partial charge in [-0.25, -0.2) is 9.78 Å². The van der Waals surface area contributed by atoms with E-state index in [1.807, 2.05) is 26.0 Å². The molecule has 5 nitrogen and oxygen atoms in total. The Morgan fingerprint density at radius 2 is 1.95 bits per heavy atom. The topological polar surface area (TPSA) is 81.0 Å². The number of aromatic nitrogens is 2. The van der Waals surface area contributed by atoms with Gasteiger partial charge in [0.1, 0.15) is 5.82 Å². The van der Waals surface area contributed by atoms with Crippen LogP contribution in [0.4, 0.5) is 0 Å². The fourth-order valence-corrected chi connectivity index (χ4v) is 2.01. The second-order valence-electron chi connectivity index (χ2n) is 4.56. The molecule has 19 heavy (non-hydrogen) atoms. The fraction of sp³-hybridized carbons (Fsp3) is 0.286. The molecule has 5 heteroatoms. The van der Waals surface area contributed by atoms with E-state index in [1.54, 1.807) is 6.20 Å². The molecule has 1 heterocycles. The average Bonchev–Trinajstić information content (AvgIpc) is 2.85. The van der Waals surface area contributed by atoms with Gasteiger partial charge in [-0.15, -0.1) is 0 Å². The van der Waals surface area contributed by atoms with Crippen molar-refractivity contribution in [3.05, 3.63) is 41.3 Å². The first-order valence-corrected chi connectivity index (χ1v) is 5.98. The van der Waals surface area contributed by atoms with Crippen molar-refractivity contribution in [3.8, 4) is 11.3 Å². The molecule has 1 unspecified atom stereocenters. The van der Waals surface area contributed by atoms with Crippen LogP contribution in [-0.2, 0) is 9.53 Å². The lowest BCUT2D eigenvalue weighted by Crippen LogP contribution is -2.23. The maximum atomic E-state index is 11.4. The summed E-state index contributed by atoms with van der Waals surface area (Å²) in [5, 5.41) is 0. The molecule has 0 saturated heterocycles. The predicted molar refractivity (Wildman–Crippen MR) is 72.4 cm³/mol. The van der Waals surface area contributed by atoms with E-state index in [0.29, 0.717) is 5.82 Å². The van der Waals surface area contributed by atoms with Gasteiger partial charge in [-0.1, -0.05) is 17.2 Å². The van der Waals surface area contributed by atoms with Gasteiger partial charge >= 0.3 is 5.97 Å². The summed E-state index contributed by atoms with van der Waals surface area (Å²) in [5.41, 5.74) is 9.93. The van der Waals surface area contributed by atoms with E-state index in [4.69, 9.17) is 5.73 Å². The number of carbonyl (C=O) groups is 1. The molecule has 0 fully saturated rings. The largest absolute Gasteiger partial charge is 0.468 e. The lowest BCUT2D eigenvalue weighted by molar-refractivity contribution is -0.142. The lowest BCUT2D eigenvalue weighted by atomic mass is 10.1. The molecular formula is C14H17N3O2. The summed E-state index contributed by atoms with van der Waals surface area (Å²) in [6.07, 6.45) is 1.67. The highest BCUT2D eigenvalue weighted by atomic mass is 16.5. The molecule has 100 valence electrons. The molecular weight excluding hydrogens is 242 g/mol. The Morgan fingerprint density at radius 1 is 1.32 bits per heavy atom. The van der Waals surface area contributed by atoms with Crippen LogP contribution in [0.15, 0.2) is 24.4 Å². The average molecular weight is 259 g/mol. The zero-order chi connectivity index (χ0) is 14.0. The number of hydrogen-bond acceptors (Lipinski definition) is 4. The van der Waals surface area contributed by atoms with Crippen LogP contribution < -0.4 is 5.73 Å². The van der Waals surface area contributed by atoms with Crippen molar-refractivity contribution in [2.75, 3.05) is 7.11 Å². The molecule has 1 aromatic heterocycles. The minimum Gasteiger partial charge on any atom is -0.468 e. The lowest BCUT2D eigenvalue weighted by Gasteiger charge is -2.06. The number of aryl methyl sites for hydroxylation is 2.